The summed E-state index contributed by atoms with van der Waals surface area (Å²) in [5, 5.41) is 0. The zero-order chi connectivity index (χ0) is 15.0. The minimum Gasteiger partial charge on any atom is -0.295 e. The summed E-state index contributed by atoms with van der Waals surface area (Å²) in [7, 11) is -3.21. The third kappa shape index (κ3) is 6.00. The van der Waals surface area contributed by atoms with E-state index in [1.54, 1.807) is 24.3 Å². The Balaban J connectivity index is 2.52. The number of rotatable bonds is 6. The largest absolute Gasteiger partial charge is 0.295 e. The first-order valence-corrected chi connectivity index (χ1v) is 8.17. The van der Waals surface area contributed by atoms with Gasteiger partial charge >= 0.3 is 0 Å². The monoisotopic (exact) mass is 293 g/mol. The normalized spacial score (nSPS) is 10.7. The Morgan fingerprint density at radius 1 is 1.25 bits per heavy atom. The van der Waals surface area contributed by atoms with Crippen LogP contribution in [0, 0.1) is 11.8 Å². The number of hydrogen-bond donors (Lipinski definition) is 1. The van der Waals surface area contributed by atoms with Crippen molar-refractivity contribution in [1.82, 2.24) is 4.72 Å². The highest BCUT2D eigenvalue weighted by atomic mass is 32.2. The average Bonchev–Trinajstić information content (AvgIpc) is 2.42. The van der Waals surface area contributed by atoms with E-state index in [0.29, 0.717) is 12.0 Å². The SMILES string of the molecule is CCCCS(=O)(=O)NCC#Cc1ccc(C(C)=O)cc1. The van der Waals surface area contributed by atoms with Gasteiger partial charge in [0.1, 0.15) is 0 Å². The Labute approximate surface area is 120 Å². The molecule has 0 aromatic heterocycles. The zero-order valence-corrected chi connectivity index (χ0v) is 12.6. The fourth-order valence-corrected chi connectivity index (χ4v) is 2.59. The number of sulfonamides is 1. The van der Waals surface area contributed by atoms with E-state index in [1.165, 1.54) is 6.92 Å². The number of nitrogens with one attached hydrogen (secondary N) is 1. The van der Waals surface area contributed by atoms with Crippen molar-refractivity contribution in [3.63, 3.8) is 0 Å². The fourth-order valence-electron chi connectivity index (χ4n) is 1.49. The van der Waals surface area contributed by atoms with Crippen LogP contribution in [0.1, 0.15) is 42.6 Å². The first-order chi connectivity index (χ1) is 9.44. The van der Waals surface area contributed by atoms with Gasteiger partial charge in [0, 0.05) is 11.1 Å². The van der Waals surface area contributed by atoms with E-state index < -0.39 is 10.0 Å². The van der Waals surface area contributed by atoms with Crippen LogP contribution in [-0.2, 0) is 10.0 Å². The molecule has 20 heavy (non-hydrogen) atoms. The van der Waals surface area contributed by atoms with Gasteiger partial charge < -0.3 is 0 Å². The second kappa shape index (κ2) is 7.83. The first kappa shape index (κ1) is 16.4. The minimum absolute atomic E-state index is 0.00759. The summed E-state index contributed by atoms with van der Waals surface area (Å²) in [5.74, 6) is 5.75. The molecule has 0 unspecified atom stereocenters. The summed E-state index contributed by atoms with van der Waals surface area (Å²) < 4.78 is 25.4. The number of ketones is 1. The van der Waals surface area contributed by atoms with Crippen molar-refractivity contribution in [2.24, 2.45) is 0 Å². The molecular formula is C15H19NO3S. The van der Waals surface area contributed by atoms with Crippen LogP contribution >= 0.6 is 0 Å². The van der Waals surface area contributed by atoms with Gasteiger partial charge in [-0.2, -0.15) is 0 Å². The average molecular weight is 293 g/mol. The lowest BCUT2D eigenvalue weighted by atomic mass is 10.1. The topological polar surface area (TPSA) is 63.2 Å². The van der Waals surface area contributed by atoms with E-state index >= 15 is 0 Å². The van der Waals surface area contributed by atoms with Gasteiger partial charge in [0.15, 0.2) is 5.78 Å². The Morgan fingerprint density at radius 3 is 2.45 bits per heavy atom. The molecule has 108 valence electrons. The molecule has 0 atom stereocenters. The second-order valence-corrected chi connectivity index (χ2v) is 6.36. The van der Waals surface area contributed by atoms with Crippen LogP contribution in [0.25, 0.3) is 0 Å². The predicted octanol–water partition coefficient (Wildman–Crippen LogP) is 1.96. The standard InChI is InChI=1S/C15H19NO3S/c1-3-4-12-20(18,19)16-11-5-6-14-7-9-15(10-8-14)13(2)17/h7-10,16H,3-4,11-12H2,1-2H3. The molecule has 0 spiro atoms. The van der Waals surface area contributed by atoms with Crippen LogP contribution in [-0.4, -0.2) is 26.5 Å². The highest BCUT2D eigenvalue weighted by molar-refractivity contribution is 7.89. The third-order valence-corrected chi connectivity index (χ3v) is 4.08. The van der Waals surface area contributed by atoms with Gasteiger partial charge in [-0.1, -0.05) is 37.3 Å². The molecule has 0 aliphatic rings. The van der Waals surface area contributed by atoms with Crippen molar-refractivity contribution in [1.29, 1.82) is 0 Å². The molecule has 0 bridgehead atoms. The van der Waals surface area contributed by atoms with Crippen LogP contribution in [0.4, 0.5) is 0 Å². The van der Waals surface area contributed by atoms with Gasteiger partial charge in [0.2, 0.25) is 10.0 Å². The minimum atomic E-state index is -3.21. The van der Waals surface area contributed by atoms with Gasteiger partial charge in [0.05, 0.1) is 12.3 Å². The maximum absolute atomic E-state index is 11.5. The summed E-state index contributed by atoms with van der Waals surface area (Å²) in [6, 6.07) is 6.90. The summed E-state index contributed by atoms with van der Waals surface area (Å²) in [5.41, 5.74) is 1.39. The van der Waals surface area contributed by atoms with E-state index in [2.05, 4.69) is 16.6 Å². The van der Waals surface area contributed by atoms with Crippen LogP contribution in [0.5, 0.6) is 0 Å². The molecule has 0 fully saturated rings. The van der Waals surface area contributed by atoms with Crippen molar-refractivity contribution < 1.29 is 13.2 Å². The summed E-state index contributed by atoms with van der Waals surface area (Å²) in [6.07, 6.45) is 1.49. The molecule has 0 aliphatic heterocycles. The first-order valence-electron chi connectivity index (χ1n) is 6.52. The molecular weight excluding hydrogens is 274 g/mol. The molecule has 5 heteroatoms. The highest BCUT2D eigenvalue weighted by Crippen LogP contribution is 2.03. The van der Waals surface area contributed by atoms with Crippen molar-refractivity contribution >= 4 is 15.8 Å². The molecule has 0 amide bonds. The van der Waals surface area contributed by atoms with Crippen LogP contribution in [0.15, 0.2) is 24.3 Å². The molecule has 1 aromatic carbocycles. The van der Waals surface area contributed by atoms with Crippen LogP contribution < -0.4 is 4.72 Å². The molecule has 1 aromatic rings. The highest BCUT2D eigenvalue weighted by Gasteiger charge is 2.06. The molecule has 1 N–H and O–H groups in total. The molecule has 0 saturated carbocycles. The van der Waals surface area contributed by atoms with Crippen molar-refractivity contribution in [3.05, 3.63) is 35.4 Å². The van der Waals surface area contributed by atoms with Crippen molar-refractivity contribution in [2.75, 3.05) is 12.3 Å². The molecule has 0 radical (unpaired) electrons. The zero-order valence-electron chi connectivity index (χ0n) is 11.8. The fraction of sp³-hybridized carbons (Fsp3) is 0.400. The van der Waals surface area contributed by atoms with Gasteiger partial charge in [-0.15, -0.1) is 0 Å². The van der Waals surface area contributed by atoms with Gasteiger partial charge in [0.25, 0.3) is 0 Å². The maximum atomic E-state index is 11.5. The molecule has 4 nitrogen and oxygen atoms in total. The lowest BCUT2D eigenvalue weighted by Crippen LogP contribution is -2.26. The number of benzene rings is 1. The van der Waals surface area contributed by atoms with E-state index in [1.807, 2.05) is 6.92 Å². The number of hydrogen-bond acceptors (Lipinski definition) is 3. The van der Waals surface area contributed by atoms with Crippen molar-refractivity contribution in [3.8, 4) is 11.8 Å². The Kier molecular flexibility index (Phi) is 6.43. The van der Waals surface area contributed by atoms with Gasteiger partial charge in [-0.25, -0.2) is 13.1 Å². The number of carbonyl (C=O) groups is 1. The third-order valence-electron chi connectivity index (χ3n) is 2.67. The lowest BCUT2D eigenvalue weighted by molar-refractivity contribution is 0.101. The smallest absolute Gasteiger partial charge is 0.212 e. The van der Waals surface area contributed by atoms with Gasteiger partial charge in [-0.3, -0.25) is 4.79 Å². The van der Waals surface area contributed by atoms with Crippen LogP contribution in [0.2, 0.25) is 0 Å². The number of carbonyl (C=O) groups excluding carboxylic acids is 1. The summed E-state index contributed by atoms with van der Waals surface area (Å²) >= 11 is 0. The van der Waals surface area contributed by atoms with E-state index in [9.17, 15) is 13.2 Å². The summed E-state index contributed by atoms with van der Waals surface area (Å²) in [4.78, 5) is 11.1. The van der Waals surface area contributed by atoms with E-state index in [4.69, 9.17) is 0 Å². The van der Waals surface area contributed by atoms with Crippen molar-refractivity contribution in [2.45, 2.75) is 26.7 Å². The quantitative estimate of drug-likeness (QED) is 0.644. The molecule has 1 rings (SSSR count). The molecule has 0 aliphatic carbocycles. The number of unbranched alkanes of at least 4 members (excludes halogenated alkanes) is 1. The Morgan fingerprint density at radius 2 is 1.90 bits per heavy atom. The Hall–Kier alpha value is -1.64. The van der Waals surface area contributed by atoms with Gasteiger partial charge in [-0.05, 0) is 25.5 Å². The maximum Gasteiger partial charge on any atom is 0.212 e. The number of Topliss-reactive ketones (excluding diaryl/α,β-unsaturated/α-hetero) is 1. The predicted molar refractivity (Wildman–Crippen MR) is 80.0 cm³/mol. The van der Waals surface area contributed by atoms with Crippen LogP contribution in [0.3, 0.4) is 0 Å². The molecule has 0 saturated heterocycles. The molecule has 0 heterocycles. The summed E-state index contributed by atoms with van der Waals surface area (Å²) in [6.45, 7) is 3.55. The Bertz CT molecular complexity index is 607. The van der Waals surface area contributed by atoms with E-state index in [0.717, 1.165) is 12.0 Å². The lowest BCUT2D eigenvalue weighted by Gasteiger charge is -2.01. The second-order valence-electron chi connectivity index (χ2n) is 4.43. The van der Waals surface area contributed by atoms with E-state index in [-0.39, 0.29) is 18.1 Å².